The number of amides is 3. The van der Waals surface area contributed by atoms with Gasteiger partial charge in [0.25, 0.3) is 17.7 Å². The van der Waals surface area contributed by atoms with Crippen molar-refractivity contribution in [2.24, 2.45) is 5.92 Å². The Balaban J connectivity index is 1.71. The third kappa shape index (κ3) is 4.58. The lowest BCUT2D eigenvalue weighted by Gasteiger charge is -2.27. The van der Waals surface area contributed by atoms with Crippen molar-refractivity contribution < 1.29 is 33.6 Å². The van der Waals surface area contributed by atoms with Gasteiger partial charge in [0.2, 0.25) is 0 Å². The summed E-state index contributed by atoms with van der Waals surface area (Å²) in [6.45, 7) is 4.18. The standard InChI is InChI=1S/C23H23N3O8/c1-12(2)20(25-21(28)14-7-5-6-8-15(14)22(25)29)23(30)34-11-19(27)24-16-10-18(33-4)17(26(31)32)9-13(16)3/h5-10,12,20H,11H2,1-4H3,(H,24,27)/t20-/m1/s1. The van der Waals surface area contributed by atoms with E-state index in [0.29, 0.717) is 5.56 Å². The molecule has 1 heterocycles. The molecule has 2 aromatic rings. The number of esters is 1. The molecule has 0 saturated heterocycles. The molecule has 2 aromatic carbocycles. The molecular weight excluding hydrogens is 446 g/mol. The zero-order valence-corrected chi connectivity index (χ0v) is 19.0. The summed E-state index contributed by atoms with van der Waals surface area (Å²) in [6, 6.07) is 7.58. The molecular formula is C23H23N3O8. The number of ether oxygens (including phenoxy) is 2. The fraction of sp³-hybridized carbons (Fsp3) is 0.304. The molecule has 3 amide bonds. The Morgan fingerprint density at radius 1 is 1.12 bits per heavy atom. The van der Waals surface area contributed by atoms with E-state index in [9.17, 15) is 29.3 Å². The van der Waals surface area contributed by atoms with Gasteiger partial charge in [0.05, 0.1) is 23.2 Å². The molecule has 0 spiro atoms. The van der Waals surface area contributed by atoms with Crippen molar-refractivity contribution in [1.82, 2.24) is 4.90 Å². The molecule has 0 bridgehead atoms. The number of rotatable bonds is 8. The van der Waals surface area contributed by atoms with Gasteiger partial charge in [-0.05, 0) is 30.5 Å². The van der Waals surface area contributed by atoms with Crippen LogP contribution in [-0.4, -0.2) is 53.3 Å². The highest BCUT2D eigenvalue weighted by atomic mass is 16.6. The number of anilines is 1. The lowest BCUT2D eigenvalue weighted by Crippen LogP contribution is -2.49. The minimum Gasteiger partial charge on any atom is -0.490 e. The van der Waals surface area contributed by atoms with Crippen molar-refractivity contribution in [3.05, 3.63) is 63.2 Å². The van der Waals surface area contributed by atoms with Crippen LogP contribution in [0.25, 0.3) is 0 Å². The predicted molar refractivity (Wildman–Crippen MR) is 120 cm³/mol. The zero-order chi connectivity index (χ0) is 25.2. The largest absolute Gasteiger partial charge is 0.490 e. The number of nitrogens with one attached hydrogen (secondary N) is 1. The van der Waals surface area contributed by atoms with E-state index in [1.807, 2.05) is 0 Å². The van der Waals surface area contributed by atoms with E-state index in [4.69, 9.17) is 9.47 Å². The molecule has 1 atom stereocenters. The van der Waals surface area contributed by atoms with Crippen molar-refractivity contribution in [2.45, 2.75) is 26.8 Å². The number of nitro groups is 1. The molecule has 0 aromatic heterocycles. The highest BCUT2D eigenvalue weighted by Gasteiger charge is 2.44. The zero-order valence-electron chi connectivity index (χ0n) is 19.0. The average Bonchev–Trinajstić information content (AvgIpc) is 3.04. The smallest absolute Gasteiger partial charge is 0.330 e. The maximum absolute atomic E-state index is 12.8. The van der Waals surface area contributed by atoms with Gasteiger partial charge < -0.3 is 14.8 Å². The Kier molecular flexibility index (Phi) is 6.94. The van der Waals surface area contributed by atoms with Crippen LogP contribution in [0.5, 0.6) is 5.75 Å². The fourth-order valence-electron chi connectivity index (χ4n) is 3.66. The van der Waals surface area contributed by atoms with Crippen LogP contribution < -0.4 is 10.1 Å². The van der Waals surface area contributed by atoms with Crippen LogP contribution in [0.15, 0.2) is 36.4 Å². The van der Waals surface area contributed by atoms with E-state index in [0.717, 1.165) is 4.90 Å². The Labute approximate surface area is 194 Å². The van der Waals surface area contributed by atoms with E-state index in [2.05, 4.69) is 5.32 Å². The van der Waals surface area contributed by atoms with Gasteiger partial charge in [-0.15, -0.1) is 0 Å². The van der Waals surface area contributed by atoms with Crippen LogP contribution in [0.2, 0.25) is 0 Å². The number of nitro benzene ring substituents is 1. The summed E-state index contributed by atoms with van der Waals surface area (Å²) in [6.07, 6.45) is 0. The molecule has 34 heavy (non-hydrogen) atoms. The van der Waals surface area contributed by atoms with Crippen LogP contribution in [0.4, 0.5) is 11.4 Å². The molecule has 178 valence electrons. The van der Waals surface area contributed by atoms with Gasteiger partial charge in [-0.1, -0.05) is 26.0 Å². The Bertz CT molecular complexity index is 1160. The van der Waals surface area contributed by atoms with Gasteiger partial charge in [-0.25, -0.2) is 4.79 Å². The minimum atomic E-state index is -1.22. The second-order valence-electron chi connectivity index (χ2n) is 7.97. The Morgan fingerprint density at radius 2 is 1.71 bits per heavy atom. The SMILES string of the molecule is COc1cc(NC(=O)COC(=O)[C@@H](C(C)C)N2C(=O)c3ccccc3C2=O)c(C)cc1[N+](=O)[O-]. The number of fused-ring (bicyclic) bond motifs is 1. The quantitative estimate of drug-likeness (QED) is 0.269. The Morgan fingerprint density at radius 3 is 2.21 bits per heavy atom. The molecule has 1 N–H and O–H groups in total. The Hall–Kier alpha value is -4.28. The molecule has 0 saturated carbocycles. The number of hydrogen-bond donors (Lipinski definition) is 1. The van der Waals surface area contributed by atoms with Crippen molar-refractivity contribution >= 4 is 35.1 Å². The van der Waals surface area contributed by atoms with E-state index < -0.39 is 47.2 Å². The lowest BCUT2D eigenvalue weighted by molar-refractivity contribution is -0.385. The first-order valence-electron chi connectivity index (χ1n) is 10.3. The molecule has 1 aliphatic rings. The first-order chi connectivity index (χ1) is 16.1. The molecule has 11 heteroatoms. The van der Waals surface area contributed by atoms with Crippen LogP contribution in [0, 0.1) is 23.0 Å². The van der Waals surface area contributed by atoms with Crippen molar-refractivity contribution in [3.63, 3.8) is 0 Å². The highest BCUT2D eigenvalue weighted by Crippen LogP contribution is 2.33. The number of benzene rings is 2. The maximum atomic E-state index is 12.8. The summed E-state index contributed by atoms with van der Waals surface area (Å²) < 4.78 is 10.1. The number of aryl methyl sites for hydroxylation is 1. The summed E-state index contributed by atoms with van der Waals surface area (Å²) in [5, 5.41) is 13.6. The molecule has 0 unspecified atom stereocenters. The third-order valence-corrected chi connectivity index (χ3v) is 5.32. The third-order valence-electron chi connectivity index (χ3n) is 5.32. The topological polar surface area (TPSA) is 145 Å². The first kappa shape index (κ1) is 24.4. The molecule has 1 aliphatic heterocycles. The van der Waals surface area contributed by atoms with Crippen LogP contribution >= 0.6 is 0 Å². The van der Waals surface area contributed by atoms with E-state index in [1.54, 1.807) is 32.9 Å². The van der Waals surface area contributed by atoms with E-state index >= 15 is 0 Å². The predicted octanol–water partition coefficient (Wildman–Crippen LogP) is 2.71. The summed E-state index contributed by atoms with van der Waals surface area (Å²) in [5.74, 6) is -3.34. The van der Waals surface area contributed by atoms with Gasteiger partial charge in [-0.3, -0.25) is 29.4 Å². The second kappa shape index (κ2) is 9.69. The van der Waals surface area contributed by atoms with Crippen molar-refractivity contribution in [3.8, 4) is 5.75 Å². The number of imide groups is 1. The monoisotopic (exact) mass is 469 g/mol. The summed E-state index contributed by atoms with van der Waals surface area (Å²) in [7, 11) is 1.26. The van der Waals surface area contributed by atoms with Crippen LogP contribution in [0.1, 0.15) is 40.1 Å². The van der Waals surface area contributed by atoms with Gasteiger partial charge in [0.15, 0.2) is 12.4 Å². The average molecular weight is 469 g/mol. The van der Waals surface area contributed by atoms with Gasteiger partial charge in [0.1, 0.15) is 6.04 Å². The lowest BCUT2D eigenvalue weighted by atomic mass is 10.0. The van der Waals surface area contributed by atoms with Crippen molar-refractivity contribution in [2.75, 3.05) is 19.0 Å². The van der Waals surface area contributed by atoms with Crippen molar-refractivity contribution in [1.29, 1.82) is 0 Å². The first-order valence-corrected chi connectivity index (χ1v) is 10.3. The normalized spacial score (nSPS) is 13.5. The highest BCUT2D eigenvalue weighted by molar-refractivity contribution is 6.22. The summed E-state index contributed by atoms with van der Waals surface area (Å²) in [5.41, 5.74) is 0.783. The van der Waals surface area contributed by atoms with Gasteiger partial charge in [0, 0.05) is 17.8 Å². The van der Waals surface area contributed by atoms with Gasteiger partial charge in [-0.2, -0.15) is 0 Å². The van der Waals surface area contributed by atoms with E-state index in [1.165, 1.54) is 31.4 Å². The minimum absolute atomic E-state index is 0.0478. The molecule has 0 radical (unpaired) electrons. The number of carbonyl (C=O) groups is 4. The second-order valence-corrected chi connectivity index (χ2v) is 7.97. The molecule has 3 rings (SSSR count). The number of carbonyl (C=O) groups excluding carboxylic acids is 4. The number of hydrogen-bond acceptors (Lipinski definition) is 8. The number of nitrogens with zero attached hydrogens (tertiary/aromatic N) is 2. The van der Waals surface area contributed by atoms with Gasteiger partial charge >= 0.3 is 11.7 Å². The summed E-state index contributed by atoms with van der Waals surface area (Å²) >= 11 is 0. The maximum Gasteiger partial charge on any atom is 0.330 e. The molecule has 0 fully saturated rings. The number of methoxy groups -OCH3 is 1. The van der Waals surface area contributed by atoms with E-state index in [-0.39, 0.29) is 28.3 Å². The van der Waals surface area contributed by atoms with Crippen LogP contribution in [0.3, 0.4) is 0 Å². The molecule has 0 aliphatic carbocycles. The molecule has 11 nitrogen and oxygen atoms in total. The summed E-state index contributed by atoms with van der Waals surface area (Å²) in [4.78, 5) is 62.1. The van der Waals surface area contributed by atoms with Crippen LogP contribution in [-0.2, 0) is 14.3 Å². The fourth-order valence-corrected chi connectivity index (χ4v) is 3.66.